The summed E-state index contributed by atoms with van der Waals surface area (Å²) in [7, 11) is 0. The van der Waals surface area contributed by atoms with Crippen molar-refractivity contribution in [1.29, 1.82) is 0 Å². The van der Waals surface area contributed by atoms with Gasteiger partial charge in [0.05, 0.1) is 0 Å². The predicted octanol–water partition coefficient (Wildman–Crippen LogP) is 20.4. The third kappa shape index (κ3) is 15.1. The lowest BCUT2D eigenvalue weighted by molar-refractivity contribution is 0.107. The largest absolute Gasteiger partial charge is 0.103 e. The van der Waals surface area contributed by atoms with Crippen molar-refractivity contribution in [2.24, 2.45) is 59.2 Å². The average molecular weight is 892 g/mol. The van der Waals surface area contributed by atoms with Crippen LogP contribution in [0.3, 0.4) is 0 Å². The van der Waals surface area contributed by atoms with Crippen molar-refractivity contribution in [3.05, 3.63) is 120 Å². The van der Waals surface area contributed by atoms with Crippen molar-refractivity contribution in [2.75, 3.05) is 0 Å². The van der Waals surface area contributed by atoms with Gasteiger partial charge in [0, 0.05) is 0 Å². The Kier molecular flexibility index (Phi) is 20.7. The van der Waals surface area contributed by atoms with Gasteiger partial charge >= 0.3 is 0 Å². The van der Waals surface area contributed by atoms with Crippen LogP contribution in [0.2, 0.25) is 0 Å². The highest BCUT2D eigenvalue weighted by molar-refractivity contribution is 5.64. The topological polar surface area (TPSA) is 0 Å². The maximum absolute atomic E-state index is 4.00. The Bertz CT molecular complexity index is 1760. The van der Waals surface area contributed by atoms with Crippen molar-refractivity contribution in [3.63, 3.8) is 0 Å². The van der Waals surface area contributed by atoms with Gasteiger partial charge in [0.1, 0.15) is 0 Å². The van der Waals surface area contributed by atoms with Gasteiger partial charge in [-0.05, 0) is 248 Å². The van der Waals surface area contributed by atoms with Crippen LogP contribution in [0.25, 0.3) is 11.1 Å². The fourth-order valence-electron chi connectivity index (χ4n) is 14.8. The standard InChI is InChI=1S/C23H40.C22H28.C21H30/c1-3-5-19-8-12-21(13-9-19)23-16-14-22(15-17-23)20-10-6-18(4-2)7-11-20;1-3-4-18-7-11-20(12-8-18)22-15-13-21(14-16-22)19-9-5-17(2)6-10-19;1-3-17-6-10-19(11-7-17)21-14-12-20(13-15-21)18-8-4-16(2)5-9-18/h4,18-23H,2-3,5-17H2,1H3;5-6,9-10,13-16,18,20H,3-4,7-8,11-12H2,1-2H3;3-5,8-9,17,19-21H,1,6-7,10-15H2,2H3. The van der Waals surface area contributed by atoms with E-state index < -0.39 is 0 Å². The normalized spacial score (nSPS) is 32.7. The molecular weight excluding hydrogens is 793 g/mol. The lowest BCUT2D eigenvalue weighted by Crippen LogP contribution is -2.29. The summed E-state index contributed by atoms with van der Waals surface area (Å²) in [5.74, 6) is 11.7. The Balaban J connectivity index is 0.000000147. The van der Waals surface area contributed by atoms with E-state index in [-0.39, 0.29) is 0 Å². The molecule has 0 heterocycles. The summed E-state index contributed by atoms with van der Waals surface area (Å²) < 4.78 is 0. The molecule has 0 amide bonds. The van der Waals surface area contributed by atoms with E-state index in [1.165, 1.54) is 151 Å². The van der Waals surface area contributed by atoms with Gasteiger partial charge in [-0.3, -0.25) is 0 Å². The molecule has 3 aromatic carbocycles. The summed E-state index contributed by atoms with van der Waals surface area (Å²) >= 11 is 0. The predicted molar refractivity (Wildman–Crippen MR) is 289 cm³/mol. The molecule has 0 radical (unpaired) electrons. The first-order chi connectivity index (χ1) is 32.3. The Morgan fingerprint density at radius 2 is 0.606 bits per heavy atom. The molecule has 0 spiro atoms. The molecule has 3 aromatic rings. The minimum Gasteiger partial charge on any atom is -0.103 e. The van der Waals surface area contributed by atoms with Gasteiger partial charge in [0.2, 0.25) is 0 Å². The van der Waals surface area contributed by atoms with Crippen LogP contribution in [0.1, 0.15) is 228 Å². The molecule has 0 aliphatic heterocycles. The molecule has 0 nitrogen and oxygen atoms in total. The Morgan fingerprint density at radius 3 is 0.955 bits per heavy atom. The van der Waals surface area contributed by atoms with Gasteiger partial charge < -0.3 is 0 Å². The molecule has 6 saturated carbocycles. The second-order valence-corrected chi connectivity index (χ2v) is 23.6. The van der Waals surface area contributed by atoms with E-state index in [2.05, 4.69) is 126 Å². The summed E-state index contributed by atoms with van der Waals surface area (Å²) in [5.41, 5.74) is 8.49. The van der Waals surface area contributed by atoms with Gasteiger partial charge in [-0.15, -0.1) is 13.2 Å². The summed E-state index contributed by atoms with van der Waals surface area (Å²) in [4.78, 5) is 0. The lowest BCUT2D eigenvalue weighted by Gasteiger charge is -2.41. The van der Waals surface area contributed by atoms with Crippen molar-refractivity contribution < 1.29 is 0 Å². The van der Waals surface area contributed by atoms with Crippen LogP contribution < -0.4 is 0 Å². The van der Waals surface area contributed by atoms with E-state index in [1.54, 1.807) is 62.5 Å². The minimum atomic E-state index is 0.792. The molecule has 0 atom stereocenters. The molecule has 6 aliphatic carbocycles. The average Bonchev–Trinajstić information content (AvgIpc) is 3.38. The zero-order valence-corrected chi connectivity index (χ0v) is 43.2. The fourth-order valence-corrected chi connectivity index (χ4v) is 14.8. The number of hydrogen-bond donors (Lipinski definition) is 0. The Hall–Kier alpha value is -2.86. The zero-order chi connectivity index (χ0) is 46.1. The van der Waals surface area contributed by atoms with Crippen LogP contribution in [0, 0.1) is 73.0 Å². The molecule has 0 heteroatoms. The van der Waals surface area contributed by atoms with E-state index in [9.17, 15) is 0 Å². The minimum absolute atomic E-state index is 0.792. The SMILES string of the molecule is C=CC1CCC(C2CCC(C3CCC(CCC)CC3)CC2)CC1.C=CC1CCC(C2CCC(c3ccc(C)cc3)CC2)CC1.CCCC1CCC(c2ccc(-c3ccc(C)cc3)cc2)CC1. The number of rotatable bonds is 12. The first-order valence-corrected chi connectivity index (χ1v) is 28.8. The summed E-state index contributed by atoms with van der Waals surface area (Å²) in [5, 5.41) is 0. The summed E-state index contributed by atoms with van der Waals surface area (Å²) in [6, 6.07) is 27.4. The molecule has 9 rings (SSSR count). The van der Waals surface area contributed by atoms with Crippen molar-refractivity contribution in [2.45, 2.75) is 219 Å². The highest BCUT2D eigenvalue weighted by Crippen LogP contribution is 2.47. The van der Waals surface area contributed by atoms with Crippen molar-refractivity contribution in [3.8, 4) is 11.1 Å². The van der Waals surface area contributed by atoms with Crippen LogP contribution in [-0.2, 0) is 0 Å². The fraction of sp³-hybridized carbons (Fsp3) is 0.667. The zero-order valence-electron chi connectivity index (χ0n) is 43.2. The first kappa shape index (κ1) is 51.0. The Labute approximate surface area is 408 Å². The van der Waals surface area contributed by atoms with Crippen LogP contribution in [0.4, 0.5) is 0 Å². The number of benzene rings is 3. The number of allylic oxidation sites excluding steroid dienone is 2. The highest BCUT2D eigenvalue weighted by Gasteiger charge is 2.35. The maximum Gasteiger partial charge on any atom is -0.0162 e. The summed E-state index contributed by atoms with van der Waals surface area (Å²) in [6.07, 6.45) is 45.4. The molecule has 66 heavy (non-hydrogen) atoms. The van der Waals surface area contributed by atoms with Crippen LogP contribution in [0.15, 0.2) is 98.1 Å². The third-order valence-electron chi connectivity index (χ3n) is 19.3. The van der Waals surface area contributed by atoms with E-state index in [0.29, 0.717) is 0 Å². The third-order valence-corrected chi connectivity index (χ3v) is 19.3. The smallest absolute Gasteiger partial charge is 0.0162 e. The second kappa shape index (κ2) is 26.8. The summed E-state index contributed by atoms with van der Waals surface area (Å²) in [6.45, 7) is 17.0. The quantitative estimate of drug-likeness (QED) is 0.159. The van der Waals surface area contributed by atoms with Gasteiger partial charge in [-0.25, -0.2) is 0 Å². The maximum atomic E-state index is 4.00. The van der Waals surface area contributed by atoms with Crippen molar-refractivity contribution in [1.82, 2.24) is 0 Å². The van der Waals surface area contributed by atoms with Gasteiger partial charge in [-0.1, -0.05) is 148 Å². The molecule has 0 bridgehead atoms. The molecule has 6 aliphatic rings. The molecule has 0 saturated heterocycles. The van der Waals surface area contributed by atoms with Gasteiger partial charge in [0.25, 0.3) is 0 Å². The number of aryl methyl sites for hydroxylation is 2. The van der Waals surface area contributed by atoms with Crippen LogP contribution in [0.5, 0.6) is 0 Å². The van der Waals surface area contributed by atoms with E-state index in [1.807, 2.05) is 0 Å². The lowest BCUT2D eigenvalue weighted by atomic mass is 9.65. The molecule has 362 valence electrons. The van der Waals surface area contributed by atoms with E-state index >= 15 is 0 Å². The first-order valence-electron chi connectivity index (χ1n) is 28.8. The second-order valence-electron chi connectivity index (χ2n) is 23.6. The Morgan fingerprint density at radius 1 is 0.348 bits per heavy atom. The molecule has 6 fully saturated rings. The van der Waals surface area contributed by atoms with Crippen molar-refractivity contribution >= 4 is 0 Å². The van der Waals surface area contributed by atoms with Crippen LogP contribution >= 0.6 is 0 Å². The monoisotopic (exact) mass is 891 g/mol. The van der Waals surface area contributed by atoms with Gasteiger partial charge in [0.15, 0.2) is 0 Å². The number of hydrogen-bond acceptors (Lipinski definition) is 0. The molecule has 0 unspecified atom stereocenters. The molecule has 0 aromatic heterocycles. The van der Waals surface area contributed by atoms with Crippen LogP contribution in [-0.4, -0.2) is 0 Å². The highest BCUT2D eigenvalue weighted by atomic mass is 14.4. The molecular formula is C66H98. The van der Waals surface area contributed by atoms with Gasteiger partial charge in [-0.2, -0.15) is 0 Å². The van der Waals surface area contributed by atoms with E-state index in [0.717, 1.165) is 71.0 Å². The molecule has 0 N–H and O–H groups in total. The van der Waals surface area contributed by atoms with E-state index in [4.69, 9.17) is 0 Å².